The van der Waals surface area contributed by atoms with Crippen molar-refractivity contribution in [1.82, 2.24) is 4.90 Å². The fraction of sp³-hybridized carbons (Fsp3) is 1.00. The maximum atomic E-state index is 10.5. The van der Waals surface area contributed by atoms with Crippen molar-refractivity contribution >= 4 is 0 Å². The lowest BCUT2D eigenvalue weighted by molar-refractivity contribution is -0.0980. The van der Waals surface area contributed by atoms with Gasteiger partial charge in [0.1, 0.15) is 0 Å². The first-order chi connectivity index (χ1) is 10.5. The first-order valence-electron chi connectivity index (χ1n) is 9.53. The van der Waals surface area contributed by atoms with Crippen molar-refractivity contribution in [3.8, 4) is 0 Å². The smallest absolute Gasteiger partial charge is 0.0596 e. The van der Waals surface area contributed by atoms with E-state index in [1.54, 1.807) is 0 Å². The molecule has 0 aromatic carbocycles. The number of hydrogen-bond donors (Lipinski definition) is 2. The van der Waals surface area contributed by atoms with E-state index in [-0.39, 0.29) is 11.5 Å². The third kappa shape index (κ3) is 1.91. The molecule has 0 unspecified atom stereocenters. The van der Waals surface area contributed by atoms with Gasteiger partial charge in [-0.15, -0.1) is 0 Å². The maximum Gasteiger partial charge on any atom is 0.0596 e. The summed E-state index contributed by atoms with van der Waals surface area (Å²) in [7, 11) is 0. The van der Waals surface area contributed by atoms with Gasteiger partial charge >= 0.3 is 0 Å². The van der Waals surface area contributed by atoms with E-state index in [1.165, 1.54) is 45.1 Å². The molecule has 0 amide bonds. The van der Waals surface area contributed by atoms with Crippen molar-refractivity contribution < 1.29 is 10.2 Å². The fourth-order valence-electron chi connectivity index (χ4n) is 7.30. The highest BCUT2D eigenvalue weighted by atomic mass is 16.3. The first-order valence-corrected chi connectivity index (χ1v) is 9.53. The van der Waals surface area contributed by atoms with Crippen LogP contribution in [0.3, 0.4) is 0 Å². The molecule has 3 aliphatic carbocycles. The Kier molecular flexibility index (Phi) is 3.63. The standard InChI is InChI=1S/C19H33NO2/c1-18-9-10-20(11-12-21)16(18)5-3-13-14-4-6-17(22)19(14,2)8-7-15(13)18/h13-17,21-22H,3-12H2,1-2H3/t13-,14+,15-,16+,17-,18-,19+/m0/s1. The van der Waals surface area contributed by atoms with Gasteiger partial charge in [0.05, 0.1) is 12.7 Å². The summed E-state index contributed by atoms with van der Waals surface area (Å²) in [6, 6.07) is 0.691. The van der Waals surface area contributed by atoms with Gasteiger partial charge in [-0.3, -0.25) is 4.90 Å². The van der Waals surface area contributed by atoms with Gasteiger partial charge in [-0.25, -0.2) is 0 Å². The van der Waals surface area contributed by atoms with Crippen molar-refractivity contribution in [2.75, 3.05) is 19.7 Å². The van der Waals surface area contributed by atoms with Crippen molar-refractivity contribution in [2.24, 2.45) is 28.6 Å². The fourth-order valence-corrected chi connectivity index (χ4v) is 7.30. The minimum absolute atomic E-state index is 0.0570. The monoisotopic (exact) mass is 307 g/mol. The molecule has 3 nitrogen and oxygen atoms in total. The summed E-state index contributed by atoms with van der Waals surface area (Å²) in [6.45, 7) is 7.24. The van der Waals surface area contributed by atoms with Crippen LogP contribution in [0.5, 0.6) is 0 Å². The molecule has 22 heavy (non-hydrogen) atoms. The van der Waals surface area contributed by atoms with E-state index in [0.717, 1.165) is 30.7 Å². The van der Waals surface area contributed by atoms with Crippen LogP contribution in [0.2, 0.25) is 0 Å². The molecular formula is C19H33NO2. The van der Waals surface area contributed by atoms with E-state index in [9.17, 15) is 10.2 Å². The van der Waals surface area contributed by atoms with Crippen molar-refractivity contribution in [3.05, 3.63) is 0 Å². The highest BCUT2D eigenvalue weighted by molar-refractivity contribution is 5.11. The Balaban J connectivity index is 1.60. The van der Waals surface area contributed by atoms with E-state index in [2.05, 4.69) is 18.7 Å². The molecule has 1 aliphatic heterocycles. The molecule has 7 atom stereocenters. The number of aliphatic hydroxyl groups excluding tert-OH is 2. The first kappa shape index (κ1) is 15.4. The number of rotatable bonds is 2. The number of hydrogen-bond acceptors (Lipinski definition) is 3. The minimum atomic E-state index is -0.0570. The summed E-state index contributed by atoms with van der Waals surface area (Å²) in [5.74, 6) is 2.44. The molecule has 3 heteroatoms. The zero-order chi connectivity index (χ0) is 15.5. The Labute approximate surface area is 135 Å². The Morgan fingerprint density at radius 3 is 2.50 bits per heavy atom. The molecule has 0 spiro atoms. The molecular weight excluding hydrogens is 274 g/mol. The number of β-amino-alcohol motifs (C(OH)–C–C–N with tert-alkyl or cyclic N) is 1. The lowest BCUT2D eigenvalue weighted by Gasteiger charge is -2.57. The molecule has 0 bridgehead atoms. The molecule has 1 heterocycles. The Morgan fingerprint density at radius 1 is 0.955 bits per heavy atom. The lowest BCUT2D eigenvalue weighted by Crippen LogP contribution is -2.55. The average Bonchev–Trinajstić information content (AvgIpc) is 2.98. The predicted octanol–water partition coefficient (Wildman–Crippen LogP) is 2.66. The summed E-state index contributed by atoms with van der Waals surface area (Å²) in [4.78, 5) is 2.56. The largest absolute Gasteiger partial charge is 0.395 e. The van der Waals surface area contributed by atoms with E-state index < -0.39 is 0 Å². The second kappa shape index (κ2) is 5.19. The topological polar surface area (TPSA) is 43.7 Å². The van der Waals surface area contributed by atoms with Gasteiger partial charge in [-0.05, 0) is 80.1 Å². The predicted molar refractivity (Wildman–Crippen MR) is 87.5 cm³/mol. The van der Waals surface area contributed by atoms with Gasteiger partial charge in [0.25, 0.3) is 0 Å². The maximum absolute atomic E-state index is 10.5. The molecule has 3 saturated carbocycles. The van der Waals surface area contributed by atoms with Crippen molar-refractivity contribution in [3.63, 3.8) is 0 Å². The molecule has 2 N–H and O–H groups in total. The van der Waals surface area contributed by atoms with Crippen LogP contribution in [0, 0.1) is 28.6 Å². The molecule has 0 aromatic rings. The Bertz CT molecular complexity index is 441. The van der Waals surface area contributed by atoms with E-state index in [0.29, 0.717) is 18.1 Å². The van der Waals surface area contributed by atoms with Crippen LogP contribution in [-0.2, 0) is 0 Å². The van der Waals surface area contributed by atoms with E-state index in [1.807, 2.05) is 0 Å². The third-order valence-corrected chi connectivity index (χ3v) is 8.53. The number of likely N-dealkylation sites (tertiary alicyclic amines) is 1. The summed E-state index contributed by atoms with van der Waals surface area (Å²) < 4.78 is 0. The second-order valence-corrected chi connectivity index (χ2v) is 9.12. The number of fused-ring (bicyclic) bond motifs is 5. The van der Waals surface area contributed by atoms with E-state index in [4.69, 9.17) is 0 Å². The van der Waals surface area contributed by atoms with Crippen LogP contribution < -0.4 is 0 Å². The van der Waals surface area contributed by atoms with Gasteiger partial charge in [0, 0.05) is 12.6 Å². The van der Waals surface area contributed by atoms with Crippen molar-refractivity contribution in [2.45, 2.75) is 70.9 Å². The molecule has 126 valence electrons. The molecule has 0 aromatic heterocycles. The molecule has 4 rings (SSSR count). The van der Waals surface area contributed by atoms with Gasteiger partial charge < -0.3 is 10.2 Å². The summed E-state index contributed by atoms with van der Waals surface area (Å²) in [6.07, 6.45) is 8.72. The van der Waals surface area contributed by atoms with E-state index >= 15 is 0 Å². The Morgan fingerprint density at radius 2 is 1.73 bits per heavy atom. The van der Waals surface area contributed by atoms with Gasteiger partial charge in [0.15, 0.2) is 0 Å². The van der Waals surface area contributed by atoms with Crippen molar-refractivity contribution in [1.29, 1.82) is 0 Å². The zero-order valence-electron chi connectivity index (χ0n) is 14.3. The second-order valence-electron chi connectivity index (χ2n) is 9.12. The molecule has 1 saturated heterocycles. The van der Waals surface area contributed by atoms with Crippen LogP contribution in [0.1, 0.15) is 58.8 Å². The molecule has 4 aliphatic rings. The zero-order valence-corrected chi connectivity index (χ0v) is 14.3. The quantitative estimate of drug-likeness (QED) is 0.824. The third-order valence-electron chi connectivity index (χ3n) is 8.53. The van der Waals surface area contributed by atoms with Crippen LogP contribution in [-0.4, -0.2) is 47.0 Å². The summed E-state index contributed by atoms with van der Waals surface area (Å²) >= 11 is 0. The van der Waals surface area contributed by atoms with Crippen LogP contribution in [0.15, 0.2) is 0 Å². The lowest BCUT2D eigenvalue weighted by atomic mass is 9.49. The van der Waals surface area contributed by atoms with Gasteiger partial charge in [0.2, 0.25) is 0 Å². The normalized spacial score (nSPS) is 54.8. The van der Waals surface area contributed by atoms with Crippen LogP contribution in [0.25, 0.3) is 0 Å². The highest BCUT2D eigenvalue weighted by Gasteiger charge is 2.61. The number of nitrogens with zero attached hydrogens (tertiary/aromatic N) is 1. The summed E-state index contributed by atoms with van der Waals surface area (Å²) in [5, 5.41) is 19.9. The van der Waals surface area contributed by atoms with Crippen LogP contribution in [0.4, 0.5) is 0 Å². The minimum Gasteiger partial charge on any atom is -0.395 e. The Hall–Kier alpha value is -0.120. The highest BCUT2D eigenvalue weighted by Crippen LogP contribution is 2.64. The van der Waals surface area contributed by atoms with Crippen LogP contribution >= 0.6 is 0 Å². The van der Waals surface area contributed by atoms with Gasteiger partial charge in [-0.2, -0.15) is 0 Å². The average molecular weight is 307 g/mol. The van der Waals surface area contributed by atoms with Gasteiger partial charge in [-0.1, -0.05) is 13.8 Å². The summed E-state index contributed by atoms with van der Waals surface area (Å²) in [5.41, 5.74) is 0.653. The molecule has 4 fully saturated rings. The SMILES string of the molecule is C[C@@]12CCN(CCO)[C@@H]1CC[C@H]1[C@H]3CC[C@H](O)[C@]3(C)CC[C@@H]12. The molecule has 0 radical (unpaired) electrons. The number of aliphatic hydroxyl groups is 2.